The lowest BCUT2D eigenvalue weighted by Crippen LogP contribution is -2.55. The van der Waals surface area contributed by atoms with Gasteiger partial charge in [-0.3, -0.25) is 0 Å². The molecule has 0 radical (unpaired) electrons. The Kier molecular flexibility index (Phi) is 3.81. The molecular weight excluding hydrogens is 250 g/mol. The van der Waals surface area contributed by atoms with E-state index in [1.54, 1.807) is 0 Å². The number of hydrogen-bond donors (Lipinski definition) is 0. The van der Waals surface area contributed by atoms with E-state index in [1.165, 1.54) is 23.9 Å². The van der Waals surface area contributed by atoms with Gasteiger partial charge in [0.25, 0.3) is 0 Å². The summed E-state index contributed by atoms with van der Waals surface area (Å²) in [4.78, 5) is 14.3. The molecule has 0 unspecified atom stereocenters. The van der Waals surface area contributed by atoms with E-state index in [2.05, 4.69) is 50.8 Å². The highest BCUT2D eigenvalue weighted by Crippen LogP contribution is 2.45. The second-order valence-electron chi connectivity index (χ2n) is 6.50. The molecule has 3 heteroatoms. The highest BCUT2D eigenvalue weighted by molar-refractivity contribution is 5.82. The molecule has 1 aliphatic rings. The number of para-hydroxylation sites is 1. The number of nitrogens with zero attached hydrogens (tertiary/aromatic N) is 1. The second kappa shape index (κ2) is 5.12. The molecule has 2 rings (SSSR count). The number of rotatable bonds is 2. The first kappa shape index (κ1) is 14.9. The van der Waals surface area contributed by atoms with E-state index >= 15 is 0 Å². The first-order valence-corrected chi connectivity index (χ1v) is 7.26. The number of esters is 1. The van der Waals surface area contributed by atoms with Gasteiger partial charge in [0.1, 0.15) is 6.04 Å². The van der Waals surface area contributed by atoms with Crippen molar-refractivity contribution < 1.29 is 9.53 Å². The van der Waals surface area contributed by atoms with Gasteiger partial charge >= 0.3 is 5.97 Å². The number of carbonyl (C=O) groups excluding carboxylic acids is 1. The minimum atomic E-state index is -0.276. The standard InChI is InChI=1S/C17H25NO2/c1-11-8-7-9-14-12(2)10-17(4,5)18(15(11)14)13(3)16(19)20-6/h7-9,12-13H,10H2,1-6H3/t12-,13-/m1/s1. The average Bonchev–Trinajstić information content (AvgIpc) is 2.37. The highest BCUT2D eigenvalue weighted by Gasteiger charge is 2.41. The lowest BCUT2D eigenvalue weighted by molar-refractivity contribution is -0.142. The van der Waals surface area contributed by atoms with Gasteiger partial charge in [0.05, 0.1) is 7.11 Å². The fourth-order valence-electron chi connectivity index (χ4n) is 3.66. The van der Waals surface area contributed by atoms with Crippen molar-refractivity contribution in [1.29, 1.82) is 0 Å². The molecule has 0 fully saturated rings. The van der Waals surface area contributed by atoms with Gasteiger partial charge in [-0.05, 0) is 51.2 Å². The molecule has 110 valence electrons. The van der Waals surface area contributed by atoms with Crippen LogP contribution in [0, 0.1) is 6.92 Å². The van der Waals surface area contributed by atoms with Crippen molar-refractivity contribution in [1.82, 2.24) is 0 Å². The third-order valence-electron chi connectivity index (χ3n) is 4.43. The Bertz CT molecular complexity index is 522. The molecule has 0 amide bonds. The minimum absolute atomic E-state index is 0.0634. The Labute approximate surface area is 121 Å². The van der Waals surface area contributed by atoms with Gasteiger partial charge in [0, 0.05) is 11.2 Å². The van der Waals surface area contributed by atoms with Crippen molar-refractivity contribution in [2.45, 2.75) is 58.5 Å². The summed E-state index contributed by atoms with van der Waals surface area (Å²) in [5.41, 5.74) is 3.69. The van der Waals surface area contributed by atoms with Gasteiger partial charge in [-0.1, -0.05) is 25.1 Å². The average molecular weight is 275 g/mol. The third-order valence-corrected chi connectivity index (χ3v) is 4.43. The molecule has 0 aliphatic carbocycles. The number of hydrogen-bond acceptors (Lipinski definition) is 3. The molecule has 1 aliphatic heterocycles. The molecule has 0 N–H and O–H groups in total. The predicted molar refractivity (Wildman–Crippen MR) is 82.2 cm³/mol. The van der Waals surface area contributed by atoms with E-state index in [0.717, 1.165) is 6.42 Å². The summed E-state index contributed by atoms with van der Waals surface area (Å²) in [6, 6.07) is 6.12. The van der Waals surface area contributed by atoms with E-state index < -0.39 is 0 Å². The summed E-state index contributed by atoms with van der Waals surface area (Å²) in [5, 5.41) is 0. The number of aryl methyl sites for hydroxylation is 1. The fourth-order valence-corrected chi connectivity index (χ4v) is 3.66. The maximum Gasteiger partial charge on any atom is 0.328 e. The van der Waals surface area contributed by atoms with Gasteiger partial charge in [-0.15, -0.1) is 0 Å². The summed E-state index contributed by atoms with van der Waals surface area (Å²) in [5.74, 6) is 0.322. The largest absolute Gasteiger partial charge is 0.467 e. The Hall–Kier alpha value is -1.51. The number of methoxy groups -OCH3 is 1. The molecule has 1 aromatic rings. The van der Waals surface area contributed by atoms with Crippen LogP contribution in [0.1, 0.15) is 51.2 Å². The zero-order chi connectivity index (χ0) is 15.1. The molecule has 1 heterocycles. The van der Waals surface area contributed by atoms with Crippen molar-refractivity contribution >= 4 is 11.7 Å². The molecule has 2 atom stereocenters. The molecule has 0 bridgehead atoms. The molecule has 0 saturated carbocycles. The minimum Gasteiger partial charge on any atom is -0.467 e. The summed E-state index contributed by atoms with van der Waals surface area (Å²) in [6.45, 7) is 10.7. The Balaban J connectivity index is 2.59. The van der Waals surface area contributed by atoms with Crippen LogP contribution in [-0.2, 0) is 9.53 Å². The lowest BCUT2D eigenvalue weighted by Gasteiger charge is -2.50. The number of anilines is 1. The number of carbonyl (C=O) groups is 1. The summed E-state index contributed by atoms with van der Waals surface area (Å²) < 4.78 is 4.96. The van der Waals surface area contributed by atoms with E-state index in [9.17, 15) is 4.79 Å². The number of ether oxygens (including phenoxy) is 1. The van der Waals surface area contributed by atoms with E-state index in [-0.39, 0.29) is 17.6 Å². The van der Waals surface area contributed by atoms with E-state index in [4.69, 9.17) is 4.74 Å². The van der Waals surface area contributed by atoms with Gasteiger partial charge < -0.3 is 9.64 Å². The van der Waals surface area contributed by atoms with E-state index in [1.807, 2.05) is 6.92 Å². The van der Waals surface area contributed by atoms with Gasteiger partial charge in [-0.25, -0.2) is 4.79 Å². The zero-order valence-corrected chi connectivity index (χ0v) is 13.4. The smallest absolute Gasteiger partial charge is 0.328 e. The molecule has 20 heavy (non-hydrogen) atoms. The second-order valence-corrected chi connectivity index (χ2v) is 6.50. The Morgan fingerprint density at radius 1 is 1.45 bits per heavy atom. The van der Waals surface area contributed by atoms with Crippen LogP contribution in [0.15, 0.2) is 18.2 Å². The van der Waals surface area contributed by atoms with Gasteiger partial charge in [-0.2, -0.15) is 0 Å². The van der Waals surface area contributed by atoms with Crippen LogP contribution in [0.2, 0.25) is 0 Å². The Morgan fingerprint density at radius 2 is 2.10 bits per heavy atom. The first-order chi connectivity index (χ1) is 9.29. The summed E-state index contributed by atoms with van der Waals surface area (Å²) in [7, 11) is 1.46. The fraction of sp³-hybridized carbons (Fsp3) is 0.588. The molecule has 0 saturated heterocycles. The monoisotopic (exact) mass is 275 g/mol. The highest BCUT2D eigenvalue weighted by atomic mass is 16.5. The van der Waals surface area contributed by atoms with Crippen LogP contribution in [-0.4, -0.2) is 24.7 Å². The van der Waals surface area contributed by atoms with Gasteiger partial charge in [0.2, 0.25) is 0 Å². The molecule has 1 aromatic carbocycles. The van der Waals surface area contributed by atoms with Crippen LogP contribution in [0.3, 0.4) is 0 Å². The van der Waals surface area contributed by atoms with Crippen molar-refractivity contribution in [2.75, 3.05) is 12.0 Å². The number of fused-ring (bicyclic) bond motifs is 1. The van der Waals surface area contributed by atoms with E-state index in [0.29, 0.717) is 5.92 Å². The van der Waals surface area contributed by atoms with Crippen LogP contribution >= 0.6 is 0 Å². The van der Waals surface area contributed by atoms with Crippen molar-refractivity contribution in [3.05, 3.63) is 29.3 Å². The molecule has 3 nitrogen and oxygen atoms in total. The number of benzene rings is 1. The van der Waals surface area contributed by atoms with Crippen LogP contribution in [0.4, 0.5) is 5.69 Å². The zero-order valence-electron chi connectivity index (χ0n) is 13.4. The van der Waals surface area contributed by atoms with Crippen molar-refractivity contribution in [3.63, 3.8) is 0 Å². The van der Waals surface area contributed by atoms with Crippen LogP contribution in [0.25, 0.3) is 0 Å². The Morgan fingerprint density at radius 3 is 2.70 bits per heavy atom. The lowest BCUT2D eigenvalue weighted by atomic mass is 9.78. The van der Waals surface area contributed by atoms with Crippen molar-refractivity contribution in [2.24, 2.45) is 0 Å². The molecular formula is C17H25NO2. The van der Waals surface area contributed by atoms with Gasteiger partial charge in [0.15, 0.2) is 0 Å². The maximum atomic E-state index is 12.0. The normalized spacial score (nSPS) is 22.1. The molecule has 0 spiro atoms. The third kappa shape index (κ3) is 2.30. The summed E-state index contributed by atoms with van der Waals surface area (Å²) in [6.07, 6.45) is 1.03. The van der Waals surface area contributed by atoms with Crippen LogP contribution < -0.4 is 4.90 Å². The topological polar surface area (TPSA) is 29.5 Å². The quantitative estimate of drug-likeness (QED) is 0.772. The predicted octanol–water partition coefficient (Wildman–Crippen LogP) is 3.65. The molecule has 0 aromatic heterocycles. The van der Waals surface area contributed by atoms with Crippen LogP contribution in [0.5, 0.6) is 0 Å². The van der Waals surface area contributed by atoms with Crippen molar-refractivity contribution in [3.8, 4) is 0 Å². The first-order valence-electron chi connectivity index (χ1n) is 7.26. The maximum absolute atomic E-state index is 12.0. The summed E-state index contributed by atoms with van der Waals surface area (Å²) >= 11 is 0. The SMILES string of the molecule is COC(=O)[C@@H](C)N1c2c(C)cccc2[C@H](C)CC1(C)C.